The molecule has 2 aromatic carbocycles. The number of hydrogen-bond donors (Lipinski definition) is 2. The summed E-state index contributed by atoms with van der Waals surface area (Å²) >= 11 is 2.01. The predicted molar refractivity (Wildman–Crippen MR) is 120 cm³/mol. The van der Waals surface area contributed by atoms with Crippen molar-refractivity contribution in [3.05, 3.63) is 65.2 Å². The van der Waals surface area contributed by atoms with Crippen molar-refractivity contribution < 1.29 is 29.0 Å². The summed E-state index contributed by atoms with van der Waals surface area (Å²) in [7, 11) is 0. The van der Waals surface area contributed by atoms with Crippen LogP contribution in [-0.4, -0.2) is 29.2 Å². The summed E-state index contributed by atoms with van der Waals surface area (Å²) in [6, 6.07) is 12.8. The lowest BCUT2D eigenvalue weighted by molar-refractivity contribution is -0.138. The molecule has 1 unspecified atom stereocenters. The molecule has 0 aliphatic heterocycles. The number of amides is 1. The maximum atomic E-state index is 12.8. The van der Waals surface area contributed by atoms with Crippen LogP contribution in [0.3, 0.4) is 0 Å². The van der Waals surface area contributed by atoms with Crippen LogP contribution in [0.5, 0.6) is 5.75 Å². The minimum Gasteiger partial charge on any atom is -0.478 e. The fourth-order valence-electron chi connectivity index (χ4n) is 2.73. The number of carbonyl (C=O) groups is 3. The van der Waals surface area contributed by atoms with Crippen LogP contribution in [0, 0.1) is 5.92 Å². The van der Waals surface area contributed by atoms with Crippen LogP contribution >= 0.6 is 22.6 Å². The second kappa shape index (κ2) is 11.5. The van der Waals surface area contributed by atoms with Crippen molar-refractivity contribution in [1.29, 1.82) is 0 Å². The summed E-state index contributed by atoms with van der Waals surface area (Å²) in [5.41, 5.74) is 1.31. The van der Waals surface area contributed by atoms with Gasteiger partial charge in [-0.05, 0) is 23.6 Å². The molecule has 1 amide bonds. The van der Waals surface area contributed by atoms with E-state index in [-0.39, 0.29) is 23.8 Å². The minimum atomic E-state index is -1.10. The molecule has 0 saturated heterocycles. The largest absolute Gasteiger partial charge is 0.478 e. The van der Waals surface area contributed by atoms with Gasteiger partial charge in [-0.25, -0.2) is 14.4 Å². The monoisotopic (exact) mass is 525 g/mol. The van der Waals surface area contributed by atoms with Crippen LogP contribution in [0.1, 0.15) is 41.8 Å². The molecule has 0 saturated carbocycles. The Bertz CT molecular complexity index is 886. The van der Waals surface area contributed by atoms with Crippen LogP contribution in [-0.2, 0) is 20.6 Å². The molecule has 0 aromatic heterocycles. The van der Waals surface area contributed by atoms with Crippen LogP contribution in [0.2, 0.25) is 0 Å². The van der Waals surface area contributed by atoms with Gasteiger partial charge in [-0.15, -0.1) is 0 Å². The molecule has 0 aliphatic carbocycles. The highest BCUT2D eigenvalue weighted by atomic mass is 127. The van der Waals surface area contributed by atoms with E-state index >= 15 is 0 Å². The molecule has 0 aliphatic rings. The number of esters is 1. The molecule has 2 N–H and O–H groups in total. The number of benzene rings is 2. The number of carboxylic acid groups (broad SMARTS) is 1. The first-order valence-corrected chi connectivity index (χ1v) is 11.0. The average Bonchev–Trinajstić information content (AvgIpc) is 2.75. The number of ether oxygens (including phenoxy) is 2. The number of nitrogens with one attached hydrogen (secondary N) is 1. The summed E-state index contributed by atoms with van der Waals surface area (Å²) in [5, 5.41) is 11.9. The summed E-state index contributed by atoms with van der Waals surface area (Å²) in [5.74, 6) is -1.81. The second-order valence-electron chi connectivity index (χ2n) is 6.71. The molecule has 2 aromatic rings. The maximum absolute atomic E-state index is 12.8. The predicted octanol–water partition coefficient (Wildman–Crippen LogP) is 4.57. The number of alkyl carbamates (subject to hydrolysis) is 1. The first kappa shape index (κ1) is 23.7. The quantitative estimate of drug-likeness (QED) is 0.215. The molecule has 30 heavy (non-hydrogen) atoms. The standard InChI is InChI=1S/C22H24INO6/c1-3-14(2)19(24-22(28)29-13-15-8-5-4-6-9-15)21(27)30-18-11-7-10-16(20(25)26)17(18)12-23/h4-11,14,19H,3,12-13H2,1-2H3,(H,24,28)(H,25,26)/t14?,19-/m0/s1. The molecule has 0 radical (unpaired) electrons. The first-order valence-electron chi connectivity index (χ1n) is 9.47. The highest BCUT2D eigenvalue weighted by Gasteiger charge is 2.29. The van der Waals surface area contributed by atoms with Gasteiger partial charge in [-0.3, -0.25) is 0 Å². The topological polar surface area (TPSA) is 102 Å². The van der Waals surface area contributed by atoms with Crippen molar-refractivity contribution in [2.24, 2.45) is 5.92 Å². The van der Waals surface area contributed by atoms with Gasteiger partial charge in [-0.1, -0.05) is 79.3 Å². The van der Waals surface area contributed by atoms with Crippen molar-refractivity contribution in [3.63, 3.8) is 0 Å². The molecule has 2 rings (SSSR count). The van der Waals surface area contributed by atoms with Gasteiger partial charge in [0.15, 0.2) is 0 Å². The van der Waals surface area contributed by atoms with E-state index in [0.29, 0.717) is 16.4 Å². The average molecular weight is 525 g/mol. The van der Waals surface area contributed by atoms with E-state index in [0.717, 1.165) is 5.56 Å². The van der Waals surface area contributed by atoms with Gasteiger partial charge in [-0.2, -0.15) is 0 Å². The van der Waals surface area contributed by atoms with Gasteiger partial charge in [0.1, 0.15) is 18.4 Å². The Hall–Kier alpha value is -2.62. The van der Waals surface area contributed by atoms with Crippen molar-refractivity contribution in [2.45, 2.75) is 37.3 Å². The molecule has 0 spiro atoms. The van der Waals surface area contributed by atoms with Crippen LogP contribution < -0.4 is 10.1 Å². The summed E-state index contributed by atoms with van der Waals surface area (Å²) in [6.45, 7) is 3.79. The Balaban J connectivity index is 2.11. The Morgan fingerprint density at radius 1 is 1.10 bits per heavy atom. The van der Waals surface area contributed by atoms with E-state index < -0.39 is 24.1 Å². The van der Waals surface area contributed by atoms with E-state index in [1.807, 2.05) is 66.8 Å². The third kappa shape index (κ3) is 6.45. The Morgan fingerprint density at radius 2 is 1.80 bits per heavy atom. The fourth-order valence-corrected chi connectivity index (χ4v) is 3.52. The molecule has 2 atom stereocenters. The SMILES string of the molecule is CCC(C)[C@H](NC(=O)OCc1ccccc1)C(=O)Oc1cccc(C(=O)O)c1CI. The zero-order valence-electron chi connectivity index (χ0n) is 16.8. The third-order valence-corrected chi connectivity index (χ3v) is 5.42. The van der Waals surface area contributed by atoms with Crippen molar-refractivity contribution >= 4 is 40.6 Å². The minimum absolute atomic E-state index is 0.0741. The van der Waals surface area contributed by atoms with Crippen molar-refractivity contribution in [2.75, 3.05) is 0 Å². The molecule has 0 heterocycles. The lowest BCUT2D eigenvalue weighted by Crippen LogP contribution is -2.47. The number of carboxylic acids is 1. The second-order valence-corrected chi connectivity index (χ2v) is 7.47. The van der Waals surface area contributed by atoms with Gasteiger partial charge in [0, 0.05) is 9.99 Å². The van der Waals surface area contributed by atoms with E-state index in [4.69, 9.17) is 9.47 Å². The lowest BCUT2D eigenvalue weighted by Gasteiger charge is -2.23. The Kier molecular flexibility index (Phi) is 9.10. The molecule has 0 fully saturated rings. The number of rotatable bonds is 9. The zero-order chi connectivity index (χ0) is 22.1. The van der Waals surface area contributed by atoms with E-state index in [1.54, 1.807) is 6.07 Å². The van der Waals surface area contributed by atoms with Crippen molar-refractivity contribution in [3.8, 4) is 5.75 Å². The number of hydrogen-bond acceptors (Lipinski definition) is 5. The van der Waals surface area contributed by atoms with E-state index in [1.165, 1.54) is 12.1 Å². The number of aromatic carboxylic acids is 1. The van der Waals surface area contributed by atoms with Gasteiger partial charge < -0.3 is 19.9 Å². The number of carbonyl (C=O) groups excluding carboxylic acids is 2. The zero-order valence-corrected chi connectivity index (χ0v) is 18.9. The first-order chi connectivity index (χ1) is 14.4. The molecule has 160 valence electrons. The smallest absolute Gasteiger partial charge is 0.408 e. The molecule has 8 heteroatoms. The number of alkyl halides is 1. The van der Waals surface area contributed by atoms with Gasteiger partial charge >= 0.3 is 18.0 Å². The van der Waals surface area contributed by atoms with Gasteiger partial charge in [0.25, 0.3) is 0 Å². The molecular formula is C22H24INO6. The summed E-state index contributed by atoms with van der Waals surface area (Å²) in [6.07, 6.45) is -0.109. The maximum Gasteiger partial charge on any atom is 0.408 e. The third-order valence-electron chi connectivity index (χ3n) is 4.66. The molecular weight excluding hydrogens is 501 g/mol. The Labute approximate surface area is 188 Å². The molecule has 0 bridgehead atoms. The lowest BCUT2D eigenvalue weighted by atomic mass is 9.99. The van der Waals surface area contributed by atoms with Crippen molar-refractivity contribution in [1.82, 2.24) is 5.32 Å². The summed E-state index contributed by atoms with van der Waals surface area (Å²) < 4.78 is 11.1. The van der Waals surface area contributed by atoms with Crippen LogP contribution in [0.15, 0.2) is 48.5 Å². The Morgan fingerprint density at radius 3 is 2.40 bits per heavy atom. The highest BCUT2D eigenvalue weighted by Crippen LogP contribution is 2.26. The number of halogens is 1. The normalized spacial score (nSPS) is 12.5. The molecule has 7 nitrogen and oxygen atoms in total. The summed E-state index contributed by atoms with van der Waals surface area (Å²) in [4.78, 5) is 36.5. The fraction of sp³-hybridized carbons (Fsp3) is 0.318. The van der Waals surface area contributed by atoms with E-state index in [9.17, 15) is 19.5 Å². The van der Waals surface area contributed by atoms with Gasteiger partial charge in [0.2, 0.25) is 0 Å². The van der Waals surface area contributed by atoms with E-state index in [2.05, 4.69) is 5.32 Å². The van der Waals surface area contributed by atoms with Crippen LogP contribution in [0.25, 0.3) is 0 Å². The van der Waals surface area contributed by atoms with Crippen LogP contribution in [0.4, 0.5) is 4.79 Å². The van der Waals surface area contributed by atoms with Gasteiger partial charge in [0.05, 0.1) is 5.56 Å². The highest BCUT2D eigenvalue weighted by molar-refractivity contribution is 14.1.